The van der Waals surface area contributed by atoms with Crippen LogP contribution < -0.4 is 17.2 Å². The van der Waals surface area contributed by atoms with Gasteiger partial charge in [0.25, 0.3) is 0 Å². The van der Waals surface area contributed by atoms with Gasteiger partial charge in [-0.1, -0.05) is 23.4 Å². The Morgan fingerprint density at radius 1 is 1.06 bits per heavy atom. The molecule has 2 rings (SSSR count). The van der Waals surface area contributed by atoms with E-state index in [0.717, 1.165) is 5.56 Å². The van der Waals surface area contributed by atoms with Crippen LogP contribution in [0.15, 0.2) is 29.4 Å². The quantitative estimate of drug-likeness (QED) is 0.452. The minimum absolute atomic E-state index is 0.351. The number of nitrogen functional groups attached to an aromatic ring is 3. The Kier molecular flexibility index (Phi) is 3.78. The van der Waals surface area contributed by atoms with E-state index in [0.29, 0.717) is 33.3 Å². The van der Waals surface area contributed by atoms with E-state index in [1.165, 1.54) is 17.8 Å². The number of anilines is 3. The highest BCUT2D eigenvalue weighted by molar-refractivity contribution is 7.98. The molecular formula is C11H12ClN5S. The maximum absolute atomic E-state index is 5.91. The zero-order chi connectivity index (χ0) is 13.1. The normalized spacial score (nSPS) is 10.5. The number of aromatic nitrogens is 2. The highest BCUT2D eigenvalue weighted by Gasteiger charge is 2.05. The lowest BCUT2D eigenvalue weighted by atomic mass is 10.2. The van der Waals surface area contributed by atoms with Crippen LogP contribution in [0.2, 0.25) is 5.02 Å². The first-order valence-electron chi connectivity index (χ1n) is 5.11. The van der Waals surface area contributed by atoms with Crippen LogP contribution in [-0.2, 0) is 5.75 Å². The smallest absolute Gasteiger partial charge is 0.191 e. The van der Waals surface area contributed by atoms with Gasteiger partial charge in [-0.15, -0.1) is 0 Å². The van der Waals surface area contributed by atoms with Gasteiger partial charge in [0.1, 0.15) is 11.6 Å². The van der Waals surface area contributed by atoms with Crippen molar-refractivity contribution in [3.63, 3.8) is 0 Å². The number of nitrogens with two attached hydrogens (primary N) is 3. The van der Waals surface area contributed by atoms with Crippen LogP contribution in [-0.4, -0.2) is 9.97 Å². The summed E-state index contributed by atoms with van der Waals surface area (Å²) < 4.78 is 0. The molecule has 1 aromatic carbocycles. The van der Waals surface area contributed by atoms with E-state index < -0.39 is 0 Å². The van der Waals surface area contributed by atoms with Gasteiger partial charge in [-0.25, -0.2) is 9.97 Å². The molecule has 0 atom stereocenters. The number of rotatable bonds is 3. The number of nitrogens with zero attached hydrogens (tertiary/aromatic N) is 2. The molecule has 0 bridgehead atoms. The molecule has 2 aromatic rings. The molecule has 0 spiro atoms. The molecular weight excluding hydrogens is 270 g/mol. The lowest BCUT2D eigenvalue weighted by Crippen LogP contribution is -1.99. The maximum atomic E-state index is 5.91. The van der Waals surface area contributed by atoms with Crippen LogP contribution in [0.3, 0.4) is 0 Å². The lowest BCUT2D eigenvalue weighted by Gasteiger charge is -2.06. The lowest BCUT2D eigenvalue weighted by molar-refractivity contribution is 0.984. The van der Waals surface area contributed by atoms with E-state index in [1.54, 1.807) is 12.1 Å². The molecule has 1 aromatic heterocycles. The second kappa shape index (κ2) is 5.32. The molecule has 0 saturated heterocycles. The first-order valence-corrected chi connectivity index (χ1v) is 6.47. The zero-order valence-electron chi connectivity index (χ0n) is 9.43. The van der Waals surface area contributed by atoms with Gasteiger partial charge in [0.15, 0.2) is 5.16 Å². The summed E-state index contributed by atoms with van der Waals surface area (Å²) in [5, 5.41) is 1.17. The van der Waals surface area contributed by atoms with Crippen LogP contribution in [0.5, 0.6) is 0 Å². The van der Waals surface area contributed by atoms with Gasteiger partial charge in [-0.05, 0) is 23.8 Å². The molecule has 5 nitrogen and oxygen atoms in total. The van der Waals surface area contributed by atoms with Crippen molar-refractivity contribution in [2.45, 2.75) is 10.9 Å². The topological polar surface area (TPSA) is 104 Å². The number of thioether (sulfide) groups is 1. The molecule has 0 fully saturated rings. The van der Waals surface area contributed by atoms with Crippen molar-refractivity contribution in [3.05, 3.63) is 34.9 Å². The highest BCUT2D eigenvalue weighted by atomic mass is 35.5. The van der Waals surface area contributed by atoms with Crippen molar-refractivity contribution >= 4 is 40.7 Å². The molecule has 18 heavy (non-hydrogen) atoms. The van der Waals surface area contributed by atoms with Crippen LogP contribution in [0, 0.1) is 0 Å². The Bertz CT molecular complexity index is 555. The summed E-state index contributed by atoms with van der Waals surface area (Å²) in [5.74, 6) is 1.31. The average molecular weight is 282 g/mol. The summed E-state index contributed by atoms with van der Waals surface area (Å²) in [6, 6.07) is 6.85. The number of halogens is 1. The molecule has 0 amide bonds. The molecule has 0 unspecified atom stereocenters. The van der Waals surface area contributed by atoms with Crippen LogP contribution in [0.4, 0.5) is 17.3 Å². The first-order chi connectivity index (χ1) is 8.54. The van der Waals surface area contributed by atoms with Crippen molar-refractivity contribution in [1.29, 1.82) is 0 Å². The fourth-order valence-corrected chi connectivity index (χ4v) is 2.44. The molecule has 6 N–H and O–H groups in total. The van der Waals surface area contributed by atoms with Gasteiger partial charge in [-0.3, -0.25) is 0 Å². The number of benzene rings is 1. The molecule has 7 heteroatoms. The van der Waals surface area contributed by atoms with E-state index in [1.807, 2.05) is 6.07 Å². The molecule has 0 radical (unpaired) electrons. The molecule has 0 saturated carbocycles. The van der Waals surface area contributed by atoms with Gasteiger partial charge >= 0.3 is 0 Å². The Hall–Kier alpha value is -1.66. The Labute approximate surface area is 114 Å². The van der Waals surface area contributed by atoms with Gasteiger partial charge in [-0.2, -0.15) is 0 Å². The minimum Gasteiger partial charge on any atom is -0.398 e. The van der Waals surface area contributed by atoms with Crippen molar-refractivity contribution in [3.8, 4) is 0 Å². The second-order valence-electron chi connectivity index (χ2n) is 3.63. The van der Waals surface area contributed by atoms with Gasteiger partial charge in [0.2, 0.25) is 0 Å². The Balaban J connectivity index is 2.13. The minimum atomic E-state index is 0.351. The van der Waals surface area contributed by atoms with Gasteiger partial charge in [0.05, 0.1) is 0 Å². The first kappa shape index (κ1) is 12.8. The zero-order valence-corrected chi connectivity index (χ0v) is 11.0. The standard InChI is InChI=1S/C11H12ClN5S/c12-7-1-2-8(13)6(3-7)5-18-11-16-9(14)4-10(15)17-11/h1-4H,5,13H2,(H4,14,15,16,17). The monoisotopic (exact) mass is 281 g/mol. The van der Waals surface area contributed by atoms with E-state index >= 15 is 0 Å². The van der Waals surface area contributed by atoms with E-state index in [9.17, 15) is 0 Å². The van der Waals surface area contributed by atoms with Gasteiger partial charge in [0, 0.05) is 22.5 Å². The maximum Gasteiger partial charge on any atom is 0.191 e. The number of hydrogen-bond acceptors (Lipinski definition) is 6. The highest BCUT2D eigenvalue weighted by Crippen LogP contribution is 2.26. The van der Waals surface area contributed by atoms with Crippen molar-refractivity contribution in [1.82, 2.24) is 9.97 Å². The summed E-state index contributed by atoms with van der Waals surface area (Å²) in [4.78, 5) is 8.15. The molecule has 0 aliphatic rings. The van der Waals surface area contributed by atoms with Crippen LogP contribution in [0.1, 0.15) is 5.56 Å². The Morgan fingerprint density at radius 2 is 1.72 bits per heavy atom. The van der Waals surface area contributed by atoms with E-state index in [4.69, 9.17) is 28.8 Å². The third kappa shape index (κ3) is 3.18. The largest absolute Gasteiger partial charge is 0.398 e. The van der Waals surface area contributed by atoms with Crippen LogP contribution in [0.25, 0.3) is 0 Å². The second-order valence-corrected chi connectivity index (χ2v) is 5.01. The summed E-state index contributed by atoms with van der Waals surface area (Å²) in [7, 11) is 0. The molecule has 94 valence electrons. The van der Waals surface area contributed by atoms with E-state index in [2.05, 4.69) is 9.97 Å². The van der Waals surface area contributed by atoms with Crippen molar-refractivity contribution in [2.24, 2.45) is 0 Å². The molecule has 0 aliphatic carbocycles. The van der Waals surface area contributed by atoms with Crippen molar-refractivity contribution < 1.29 is 0 Å². The summed E-state index contributed by atoms with van der Waals surface area (Å²) in [5.41, 5.74) is 18.6. The molecule has 1 heterocycles. The molecule has 0 aliphatic heterocycles. The predicted octanol–water partition coefficient (Wildman–Crippen LogP) is 2.17. The van der Waals surface area contributed by atoms with Crippen molar-refractivity contribution in [2.75, 3.05) is 17.2 Å². The summed E-state index contributed by atoms with van der Waals surface area (Å²) >= 11 is 7.32. The summed E-state index contributed by atoms with van der Waals surface area (Å²) in [6.45, 7) is 0. The SMILES string of the molecule is Nc1cc(N)nc(SCc2cc(Cl)ccc2N)n1. The van der Waals surface area contributed by atoms with Gasteiger partial charge < -0.3 is 17.2 Å². The number of hydrogen-bond donors (Lipinski definition) is 3. The Morgan fingerprint density at radius 3 is 2.39 bits per heavy atom. The van der Waals surface area contributed by atoms with Crippen LogP contribution >= 0.6 is 23.4 Å². The predicted molar refractivity (Wildman–Crippen MR) is 76.3 cm³/mol. The average Bonchev–Trinajstić information content (AvgIpc) is 2.29. The fraction of sp³-hybridized carbons (Fsp3) is 0.0909. The van der Waals surface area contributed by atoms with E-state index in [-0.39, 0.29) is 0 Å². The summed E-state index contributed by atoms with van der Waals surface area (Å²) in [6.07, 6.45) is 0. The fourth-order valence-electron chi connectivity index (χ4n) is 1.37. The third-order valence-electron chi connectivity index (χ3n) is 2.21. The third-order valence-corrected chi connectivity index (χ3v) is 3.34.